The number of ether oxygens (including phenoxy) is 1. The predicted molar refractivity (Wildman–Crippen MR) is 58.4 cm³/mol. The van der Waals surface area contributed by atoms with Gasteiger partial charge in [-0.05, 0) is 24.6 Å². The first-order valence-electron chi connectivity index (χ1n) is 3.81. The van der Waals surface area contributed by atoms with E-state index in [1.54, 1.807) is 6.07 Å². The largest absolute Gasteiger partial charge is 0.489 e. The van der Waals surface area contributed by atoms with Crippen molar-refractivity contribution in [3.8, 4) is 5.75 Å². The summed E-state index contributed by atoms with van der Waals surface area (Å²) in [5.41, 5.74) is 7.28. The van der Waals surface area contributed by atoms with Crippen LogP contribution in [0.3, 0.4) is 0 Å². The lowest BCUT2D eigenvalue weighted by Crippen LogP contribution is -1.97. The second kappa shape index (κ2) is 5.49. The van der Waals surface area contributed by atoms with Gasteiger partial charge in [0.25, 0.3) is 0 Å². The molecule has 2 nitrogen and oxygen atoms in total. The highest BCUT2D eigenvalue weighted by atomic mass is 35.5. The molecule has 0 aliphatic heterocycles. The smallest absolute Gasteiger partial charge is 0.121 e. The summed E-state index contributed by atoms with van der Waals surface area (Å²) in [6.45, 7) is 6.20. The number of hydrogen-bond donors (Lipinski definition) is 1. The average Bonchev–Trinajstić information content (AvgIpc) is 2.01. The van der Waals surface area contributed by atoms with Gasteiger partial charge in [-0.3, -0.25) is 0 Å². The molecule has 0 heterocycles. The van der Waals surface area contributed by atoms with E-state index in [1.165, 1.54) is 0 Å². The SMILES string of the molecule is C=C(C)COc1cccc(N)c1.Cl. The third-order valence-electron chi connectivity index (χ3n) is 1.34. The molecule has 0 spiro atoms. The molecule has 13 heavy (non-hydrogen) atoms. The van der Waals surface area contributed by atoms with E-state index in [-0.39, 0.29) is 12.4 Å². The zero-order chi connectivity index (χ0) is 8.97. The molecule has 1 rings (SSSR count). The molecule has 0 fully saturated rings. The summed E-state index contributed by atoms with van der Waals surface area (Å²) >= 11 is 0. The molecule has 2 N–H and O–H groups in total. The van der Waals surface area contributed by atoms with Crippen LogP contribution in [0, 0.1) is 0 Å². The van der Waals surface area contributed by atoms with Gasteiger partial charge >= 0.3 is 0 Å². The van der Waals surface area contributed by atoms with Gasteiger partial charge < -0.3 is 10.5 Å². The van der Waals surface area contributed by atoms with Gasteiger partial charge in [-0.1, -0.05) is 12.6 Å². The van der Waals surface area contributed by atoms with Crippen molar-refractivity contribution in [2.45, 2.75) is 6.92 Å². The van der Waals surface area contributed by atoms with Crippen LogP contribution in [-0.4, -0.2) is 6.61 Å². The Kier molecular flexibility index (Phi) is 5.00. The number of rotatable bonds is 3. The Morgan fingerprint density at radius 3 is 2.77 bits per heavy atom. The molecule has 0 radical (unpaired) electrons. The van der Waals surface area contributed by atoms with Crippen molar-refractivity contribution in [2.75, 3.05) is 12.3 Å². The molecular formula is C10H14ClNO. The molecule has 0 amide bonds. The molecule has 1 aromatic rings. The van der Waals surface area contributed by atoms with E-state index in [0.29, 0.717) is 12.3 Å². The molecule has 0 aliphatic carbocycles. The maximum absolute atomic E-state index is 5.56. The Balaban J connectivity index is 0.00000144. The van der Waals surface area contributed by atoms with E-state index in [4.69, 9.17) is 10.5 Å². The monoisotopic (exact) mass is 199 g/mol. The molecule has 3 heteroatoms. The zero-order valence-corrected chi connectivity index (χ0v) is 8.43. The third kappa shape index (κ3) is 4.43. The van der Waals surface area contributed by atoms with Crippen LogP contribution in [-0.2, 0) is 0 Å². The first kappa shape index (κ1) is 11.8. The van der Waals surface area contributed by atoms with Crippen LogP contribution >= 0.6 is 12.4 Å². The summed E-state index contributed by atoms with van der Waals surface area (Å²) in [5.74, 6) is 0.790. The minimum Gasteiger partial charge on any atom is -0.489 e. The molecule has 0 aromatic heterocycles. The number of nitrogen functional groups attached to an aromatic ring is 1. The minimum absolute atomic E-state index is 0. The highest BCUT2D eigenvalue weighted by Gasteiger charge is 1.92. The van der Waals surface area contributed by atoms with Crippen LogP contribution in [0.2, 0.25) is 0 Å². The fourth-order valence-electron chi connectivity index (χ4n) is 0.811. The molecule has 0 aliphatic rings. The molecule has 0 saturated carbocycles. The molecule has 0 unspecified atom stereocenters. The third-order valence-corrected chi connectivity index (χ3v) is 1.34. The highest BCUT2D eigenvalue weighted by molar-refractivity contribution is 5.85. The first-order valence-corrected chi connectivity index (χ1v) is 3.81. The molecule has 0 atom stereocenters. The van der Waals surface area contributed by atoms with Gasteiger partial charge in [0.15, 0.2) is 0 Å². The van der Waals surface area contributed by atoms with Gasteiger partial charge in [0.05, 0.1) is 0 Å². The van der Waals surface area contributed by atoms with Gasteiger partial charge in [0.1, 0.15) is 12.4 Å². The molecule has 0 bridgehead atoms. The lowest BCUT2D eigenvalue weighted by molar-refractivity contribution is 0.353. The number of benzene rings is 1. The van der Waals surface area contributed by atoms with E-state index >= 15 is 0 Å². The van der Waals surface area contributed by atoms with Crippen LogP contribution in [0.15, 0.2) is 36.4 Å². The van der Waals surface area contributed by atoms with E-state index < -0.39 is 0 Å². The number of halogens is 1. The van der Waals surface area contributed by atoms with Gasteiger partial charge in [-0.25, -0.2) is 0 Å². The Morgan fingerprint density at radius 2 is 2.23 bits per heavy atom. The molecule has 72 valence electrons. The van der Waals surface area contributed by atoms with Gasteiger partial charge in [0, 0.05) is 11.8 Å². The van der Waals surface area contributed by atoms with Crippen molar-refractivity contribution in [1.29, 1.82) is 0 Å². The maximum atomic E-state index is 5.56. The summed E-state index contributed by atoms with van der Waals surface area (Å²) in [4.78, 5) is 0. The van der Waals surface area contributed by atoms with Crippen LogP contribution in [0.25, 0.3) is 0 Å². The average molecular weight is 200 g/mol. The fraction of sp³-hybridized carbons (Fsp3) is 0.200. The summed E-state index contributed by atoms with van der Waals surface area (Å²) in [6, 6.07) is 7.36. The summed E-state index contributed by atoms with van der Waals surface area (Å²) in [5, 5.41) is 0. The Hall–Kier alpha value is -1.15. The van der Waals surface area contributed by atoms with Crippen molar-refractivity contribution >= 4 is 18.1 Å². The Bertz CT molecular complexity index is 286. The van der Waals surface area contributed by atoms with Crippen LogP contribution in [0.4, 0.5) is 5.69 Å². The van der Waals surface area contributed by atoms with E-state index in [0.717, 1.165) is 11.3 Å². The molecule has 0 saturated heterocycles. The van der Waals surface area contributed by atoms with Gasteiger partial charge in [0.2, 0.25) is 0 Å². The van der Waals surface area contributed by atoms with Crippen LogP contribution in [0.1, 0.15) is 6.92 Å². The second-order valence-corrected chi connectivity index (χ2v) is 2.82. The predicted octanol–water partition coefficient (Wildman–Crippen LogP) is 2.65. The van der Waals surface area contributed by atoms with Gasteiger partial charge in [-0.2, -0.15) is 0 Å². The number of nitrogens with two attached hydrogens (primary N) is 1. The quantitative estimate of drug-likeness (QED) is 0.600. The fourth-order valence-corrected chi connectivity index (χ4v) is 0.811. The van der Waals surface area contributed by atoms with E-state index in [2.05, 4.69) is 6.58 Å². The lowest BCUT2D eigenvalue weighted by Gasteiger charge is -2.05. The topological polar surface area (TPSA) is 35.2 Å². The van der Waals surface area contributed by atoms with Crippen molar-refractivity contribution in [3.05, 3.63) is 36.4 Å². The summed E-state index contributed by atoms with van der Waals surface area (Å²) in [7, 11) is 0. The zero-order valence-electron chi connectivity index (χ0n) is 7.62. The van der Waals surface area contributed by atoms with Crippen molar-refractivity contribution in [1.82, 2.24) is 0 Å². The maximum Gasteiger partial charge on any atom is 0.121 e. The second-order valence-electron chi connectivity index (χ2n) is 2.82. The van der Waals surface area contributed by atoms with Crippen molar-refractivity contribution in [2.24, 2.45) is 0 Å². The minimum atomic E-state index is 0. The molecular weight excluding hydrogens is 186 g/mol. The standard InChI is InChI=1S/C10H13NO.ClH/c1-8(2)7-12-10-5-3-4-9(11)6-10;/h3-6H,1,7,11H2,2H3;1H. The van der Waals surface area contributed by atoms with Gasteiger partial charge in [-0.15, -0.1) is 12.4 Å². The lowest BCUT2D eigenvalue weighted by atomic mass is 10.3. The highest BCUT2D eigenvalue weighted by Crippen LogP contribution is 2.14. The Morgan fingerprint density at radius 1 is 1.54 bits per heavy atom. The number of anilines is 1. The van der Waals surface area contributed by atoms with E-state index in [9.17, 15) is 0 Å². The van der Waals surface area contributed by atoms with Crippen molar-refractivity contribution in [3.63, 3.8) is 0 Å². The van der Waals surface area contributed by atoms with Crippen LogP contribution < -0.4 is 10.5 Å². The first-order chi connectivity index (χ1) is 5.68. The summed E-state index contributed by atoms with van der Waals surface area (Å²) < 4.78 is 5.37. The number of hydrogen-bond acceptors (Lipinski definition) is 2. The normalized spacial score (nSPS) is 8.69. The molecule has 1 aromatic carbocycles. The van der Waals surface area contributed by atoms with Crippen molar-refractivity contribution < 1.29 is 4.74 Å². The van der Waals surface area contributed by atoms with E-state index in [1.807, 2.05) is 25.1 Å². The van der Waals surface area contributed by atoms with Crippen LogP contribution in [0.5, 0.6) is 5.75 Å². The Labute approximate surface area is 84.8 Å². The summed E-state index contributed by atoms with van der Waals surface area (Å²) in [6.07, 6.45) is 0.